The number of rotatable bonds is 5. The average Bonchev–Trinajstić information content (AvgIpc) is 2.46. The van der Waals surface area contributed by atoms with Gasteiger partial charge in [-0.2, -0.15) is 8.78 Å². The molecule has 0 spiro atoms. The maximum atomic E-state index is 13.4. The van der Waals surface area contributed by atoms with Crippen LogP contribution in [0.3, 0.4) is 0 Å². The summed E-state index contributed by atoms with van der Waals surface area (Å²) in [5.41, 5.74) is 0.646. The minimum absolute atomic E-state index is 0.0567. The maximum Gasteiger partial charge on any atom is 0.387 e. The number of alkyl halides is 3. The second-order valence-electron chi connectivity index (χ2n) is 4.17. The second kappa shape index (κ2) is 6.72. The van der Waals surface area contributed by atoms with Crippen molar-refractivity contribution in [1.29, 1.82) is 0 Å². The van der Waals surface area contributed by atoms with Crippen LogP contribution in [0.2, 0.25) is 0 Å². The van der Waals surface area contributed by atoms with E-state index in [9.17, 15) is 13.2 Å². The minimum Gasteiger partial charge on any atom is -0.496 e. The molecule has 2 aromatic rings. The van der Waals surface area contributed by atoms with Gasteiger partial charge in [-0.3, -0.25) is 0 Å². The Morgan fingerprint density at radius 3 is 2.38 bits per heavy atom. The fraction of sp³-hybridized carbons (Fsp3) is 0.200. The van der Waals surface area contributed by atoms with Crippen LogP contribution in [0, 0.1) is 5.82 Å². The molecule has 0 aliphatic carbocycles. The lowest BCUT2D eigenvalue weighted by molar-refractivity contribution is -0.0504. The van der Waals surface area contributed by atoms with Crippen LogP contribution >= 0.6 is 11.6 Å². The lowest BCUT2D eigenvalue weighted by Gasteiger charge is -2.17. The summed E-state index contributed by atoms with van der Waals surface area (Å²) in [5, 5.41) is -0.884. The molecule has 0 aromatic heterocycles. The number of benzene rings is 2. The number of hydrogen-bond acceptors (Lipinski definition) is 2. The molecule has 2 rings (SSSR count). The van der Waals surface area contributed by atoms with E-state index in [0.717, 1.165) is 0 Å². The summed E-state index contributed by atoms with van der Waals surface area (Å²) in [6.07, 6.45) is 0. The molecule has 0 aliphatic rings. The summed E-state index contributed by atoms with van der Waals surface area (Å²) in [6.45, 7) is -2.97. The monoisotopic (exact) mass is 316 g/mol. The largest absolute Gasteiger partial charge is 0.496 e. The Morgan fingerprint density at radius 2 is 1.71 bits per heavy atom. The first-order valence-electron chi connectivity index (χ1n) is 6.04. The van der Waals surface area contributed by atoms with Crippen LogP contribution in [0.5, 0.6) is 11.5 Å². The quantitative estimate of drug-likeness (QED) is 0.740. The van der Waals surface area contributed by atoms with Gasteiger partial charge in [-0.25, -0.2) is 4.39 Å². The van der Waals surface area contributed by atoms with Crippen molar-refractivity contribution in [2.45, 2.75) is 12.0 Å². The van der Waals surface area contributed by atoms with Gasteiger partial charge < -0.3 is 9.47 Å². The molecule has 0 bridgehead atoms. The molecule has 0 aliphatic heterocycles. The Kier molecular flexibility index (Phi) is 4.96. The Morgan fingerprint density at radius 1 is 1.00 bits per heavy atom. The van der Waals surface area contributed by atoms with E-state index in [0.29, 0.717) is 16.9 Å². The number of halogens is 4. The zero-order valence-corrected chi connectivity index (χ0v) is 11.8. The van der Waals surface area contributed by atoms with Gasteiger partial charge in [0.2, 0.25) is 0 Å². The normalized spacial score (nSPS) is 12.3. The number of hydrogen-bond donors (Lipinski definition) is 0. The van der Waals surface area contributed by atoms with E-state index in [1.54, 1.807) is 18.2 Å². The first kappa shape index (κ1) is 15.5. The molecule has 0 radical (unpaired) electrons. The molecule has 1 unspecified atom stereocenters. The smallest absolute Gasteiger partial charge is 0.387 e. The lowest BCUT2D eigenvalue weighted by atomic mass is 10.0. The van der Waals surface area contributed by atoms with Gasteiger partial charge in [0, 0.05) is 11.1 Å². The van der Waals surface area contributed by atoms with Gasteiger partial charge in [-0.1, -0.05) is 18.2 Å². The highest BCUT2D eigenvalue weighted by atomic mass is 35.5. The van der Waals surface area contributed by atoms with Crippen molar-refractivity contribution in [3.05, 3.63) is 59.4 Å². The van der Waals surface area contributed by atoms with Gasteiger partial charge in [0.1, 0.15) is 17.3 Å². The first-order valence-corrected chi connectivity index (χ1v) is 6.48. The average molecular weight is 317 g/mol. The van der Waals surface area contributed by atoms with Gasteiger partial charge in [-0.15, -0.1) is 11.6 Å². The highest BCUT2D eigenvalue weighted by Gasteiger charge is 2.21. The van der Waals surface area contributed by atoms with Gasteiger partial charge >= 0.3 is 6.61 Å². The summed E-state index contributed by atoms with van der Waals surface area (Å²) in [7, 11) is 1.42. The molecule has 2 nitrogen and oxygen atoms in total. The molecule has 0 N–H and O–H groups in total. The predicted molar refractivity (Wildman–Crippen MR) is 73.7 cm³/mol. The number of para-hydroxylation sites is 1. The van der Waals surface area contributed by atoms with Crippen LogP contribution in [0.4, 0.5) is 13.2 Å². The van der Waals surface area contributed by atoms with Crippen molar-refractivity contribution in [3.63, 3.8) is 0 Å². The third-order valence-electron chi connectivity index (χ3n) is 2.87. The zero-order chi connectivity index (χ0) is 15.4. The van der Waals surface area contributed by atoms with E-state index in [4.69, 9.17) is 16.3 Å². The third kappa shape index (κ3) is 3.61. The van der Waals surface area contributed by atoms with Crippen molar-refractivity contribution in [2.24, 2.45) is 0 Å². The highest BCUT2D eigenvalue weighted by Crippen LogP contribution is 2.39. The molecule has 0 saturated heterocycles. The Bertz CT molecular complexity index is 620. The Balaban J connectivity index is 2.45. The molecule has 0 saturated carbocycles. The molecule has 2 aromatic carbocycles. The van der Waals surface area contributed by atoms with Crippen LogP contribution < -0.4 is 9.47 Å². The van der Waals surface area contributed by atoms with Crippen molar-refractivity contribution in [1.82, 2.24) is 0 Å². The van der Waals surface area contributed by atoms with E-state index < -0.39 is 17.8 Å². The zero-order valence-electron chi connectivity index (χ0n) is 11.0. The summed E-state index contributed by atoms with van der Waals surface area (Å²) in [5.74, 6) is -0.189. The van der Waals surface area contributed by atoms with Crippen molar-refractivity contribution >= 4 is 11.6 Å². The summed E-state index contributed by atoms with van der Waals surface area (Å²) in [4.78, 5) is 0. The third-order valence-corrected chi connectivity index (χ3v) is 3.34. The first-order chi connectivity index (χ1) is 10.0. The van der Waals surface area contributed by atoms with Crippen LogP contribution in [-0.4, -0.2) is 13.7 Å². The SMILES string of the molecule is COc1ccc(F)cc1C(Cl)c1ccccc1OC(F)F. The van der Waals surface area contributed by atoms with E-state index in [1.165, 1.54) is 31.4 Å². The van der Waals surface area contributed by atoms with Gasteiger partial charge in [0.05, 0.1) is 12.5 Å². The van der Waals surface area contributed by atoms with Gasteiger partial charge in [0.15, 0.2) is 0 Å². The standard InChI is InChI=1S/C15H12ClF3O2/c1-20-12-7-6-9(17)8-11(12)14(16)10-4-2-3-5-13(10)21-15(18)19/h2-8,14-15H,1H3. The molecular weight excluding hydrogens is 305 g/mol. The summed E-state index contributed by atoms with van der Waals surface area (Å²) in [6, 6.07) is 9.96. The fourth-order valence-corrected chi connectivity index (χ4v) is 2.31. The Hall–Kier alpha value is -1.88. The summed E-state index contributed by atoms with van der Waals surface area (Å²) >= 11 is 6.30. The highest BCUT2D eigenvalue weighted by molar-refractivity contribution is 6.23. The topological polar surface area (TPSA) is 18.5 Å². The van der Waals surface area contributed by atoms with E-state index in [-0.39, 0.29) is 5.75 Å². The van der Waals surface area contributed by atoms with E-state index in [1.807, 2.05) is 0 Å². The summed E-state index contributed by atoms with van der Waals surface area (Å²) < 4.78 is 47.8. The molecule has 1 atom stereocenters. The molecule has 0 amide bonds. The van der Waals surface area contributed by atoms with Crippen LogP contribution in [-0.2, 0) is 0 Å². The Labute approximate surface area is 125 Å². The molecule has 0 heterocycles. The van der Waals surface area contributed by atoms with Crippen molar-refractivity contribution in [3.8, 4) is 11.5 Å². The van der Waals surface area contributed by atoms with E-state index >= 15 is 0 Å². The van der Waals surface area contributed by atoms with E-state index in [2.05, 4.69) is 4.74 Å². The molecule has 6 heteroatoms. The fourth-order valence-electron chi connectivity index (χ4n) is 1.96. The van der Waals surface area contributed by atoms with Gasteiger partial charge in [-0.05, 0) is 24.3 Å². The van der Waals surface area contributed by atoms with Crippen molar-refractivity contribution in [2.75, 3.05) is 7.11 Å². The predicted octanol–water partition coefficient (Wildman–Crippen LogP) is 4.76. The molecule has 0 fully saturated rings. The maximum absolute atomic E-state index is 13.4. The number of methoxy groups -OCH3 is 1. The van der Waals surface area contributed by atoms with Crippen LogP contribution in [0.15, 0.2) is 42.5 Å². The number of ether oxygens (including phenoxy) is 2. The lowest BCUT2D eigenvalue weighted by Crippen LogP contribution is -2.06. The molecular formula is C15H12ClF3O2. The van der Waals surface area contributed by atoms with Crippen molar-refractivity contribution < 1.29 is 22.6 Å². The van der Waals surface area contributed by atoms with Crippen LogP contribution in [0.25, 0.3) is 0 Å². The second-order valence-corrected chi connectivity index (χ2v) is 4.60. The van der Waals surface area contributed by atoms with Crippen LogP contribution in [0.1, 0.15) is 16.5 Å². The minimum atomic E-state index is -2.97. The molecule has 112 valence electrons. The molecule has 21 heavy (non-hydrogen) atoms. The van der Waals surface area contributed by atoms with Gasteiger partial charge in [0.25, 0.3) is 0 Å².